The summed E-state index contributed by atoms with van der Waals surface area (Å²) < 4.78 is 22.7. The third-order valence-electron chi connectivity index (χ3n) is 4.60. The first-order chi connectivity index (χ1) is 14.1. The third-order valence-corrected chi connectivity index (χ3v) is 5.42. The van der Waals surface area contributed by atoms with Crippen LogP contribution in [-0.2, 0) is 4.74 Å². The minimum atomic E-state index is -0.530. The Morgan fingerprint density at radius 2 is 1.76 bits per heavy atom. The van der Waals surface area contributed by atoms with Crippen LogP contribution in [-0.4, -0.2) is 35.7 Å². The molecule has 29 heavy (non-hydrogen) atoms. The Morgan fingerprint density at radius 1 is 1.07 bits per heavy atom. The molecule has 4 rings (SSSR count). The Kier molecular flexibility index (Phi) is 4.94. The second-order valence-electron chi connectivity index (χ2n) is 6.19. The molecule has 0 aliphatic rings. The molecule has 8 heteroatoms. The van der Waals surface area contributed by atoms with Gasteiger partial charge in [-0.2, -0.15) is 4.37 Å². The number of methoxy groups -OCH3 is 2. The van der Waals surface area contributed by atoms with Gasteiger partial charge in [-0.1, -0.05) is 12.1 Å². The van der Waals surface area contributed by atoms with Crippen molar-refractivity contribution in [1.82, 2.24) is 8.94 Å². The molecule has 148 valence electrons. The lowest BCUT2D eigenvalue weighted by Crippen LogP contribution is -2.21. The van der Waals surface area contributed by atoms with Crippen molar-refractivity contribution in [2.45, 2.75) is 6.92 Å². The fraction of sp³-hybridized carbons (Fsp3) is 0.190. The van der Waals surface area contributed by atoms with Gasteiger partial charge in [-0.05, 0) is 42.7 Å². The van der Waals surface area contributed by atoms with Crippen LogP contribution in [0.25, 0.3) is 26.7 Å². The van der Waals surface area contributed by atoms with E-state index in [9.17, 15) is 9.59 Å². The molecule has 4 aromatic rings. The second kappa shape index (κ2) is 7.56. The van der Waals surface area contributed by atoms with Crippen molar-refractivity contribution >= 4 is 38.4 Å². The number of fused-ring (bicyclic) bond motifs is 2. The van der Waals surface area contributed by atoms with Gasteiger partial charge in [-0.15, -0.1) is 0 Å². The number of pyridine rings is 1. The summed E-state index contributed by atoms with van der Waals surface area (Å²) in [6.07, 6.45) is 1.48. The van der Waals surface area contributed by atoms with Crippen LogP contribution in [0, 0.1) is 0 Å². The van der Waals surface area contributed by atoms with Gasteiger partial charge in [0.15, 0.2) is 17.3 Å². The number of hydrogen-bond acceptors (Lipinski definition) is 7. The van der Waals surface area contributed by atoms with E-state index in [1.807, 2.05) is 24.3 Å². The number of aromatic nitrogens is 2. The smallest absolute Gasteiger partial charge is 0.340 e. The maximum Gasteiger partial charge on any atom is 0.340 e. The summed E-state index contributed by atoms with van der Waals surface area (Å²) in [5.74, 6) is 0.755. The summed E-state index contributed by atoms with van der Waals surface area (Å²) in [6, 6.07) is 10.8. The Morgan fingerprint density at radius 3 is 2.45 bits per heavy atom. The molecule has 7 nitrogen and oxygen atoms in total. The van der Waals surface area contributed by atoms with E-state index in [4.69, 9.17) is 14.2 Å². The van der Waals surface area contributed by atoms with Crippen LogP contribution < -0.4 is 15.0 Å². The molecule has 0 fully saturated rings. The summed E-state index contributed by atoms with van der Waals surface area (Å²) in [6.45, 7) is 1.94. The van der Waals surface area contributed by atoms with Gasteiger partial charge in [-0.3, -0.25) is 9.36 Å². The second-order valence-corrected chi connectivity index (χ2v) is 7.00. The summed E-state index contributed by atoms with van der Waals surface area (Å²) in [4.78, 5) is 26.0. The molecule has 0 amide bonds. The minimum Gasteiger partial charge on any atom is -0.493 e. The van der Waals surface area contributed by atoms with Gasteiger partial charge < -0.3 is 14.2 Å². The van der Waals surface area contributed by atoms with Crippen molar-refractivity contribution in [1.29, 1.82) is 0 Å². The highest BCUT2D eigenvalue weighted by Gasteiger charge is 2.21. The fourth-order valence-corrected chi connectivity index (χ4v) is 4.01. The number of hydrogen-bond donors (Lipinski definition) is 0. The van der Waals surface area contributed by atoms with Gasteiger partial charge in [0.2, 0.25) is 0 Å². The topological polar surface area (TPSA) is 79.7 Å². The van der Waals surface area contributed by atoms with Crippen LogP contribution in [0.2, 0.25) is 0 Å². The zero-order chi connectivity index (χ0) is 20.5. The van der Waals surface area contributed by atoms with E-state index in [1.54, 1.807) is 19.1 Å². The van der Waals surface area contributed by atoms with E-state index in [0.29, 0.717) is 28.1 Å². The Hall–Kier alpha value is -3.39. The predicted molar refractivity (Wildman–Crippen MR) is 112 cm³/mol. The van der Waals surface area contributed by atoms with Gasteiger partial charge >= 0.3 is 5.97 Å². The van der Waals surface area contributed by atoms with Gasteiger partial charge in [0.25, 0.3) is 5.56 Å². The third kappa shape index (κ3) is 3.11. The lowest BCUT2D eigenvalue weighted by atomic mass is 10.1. The molecular weight excluding hydrogens is 392 g/mol. The number of ether oxygens (including phenoxy) is 3. The van der Waals surface area contributed by atoms with E-state index in [2.05, 4.69) is 4.37 Å². The molecule has 2 aromatic carbocycles. The van der Waals surface area contributed by atoms with E-state index in [-0.39, 0.29) is 17.7 Å². The number of carbonyl (C=O) groups is 1. The van der Waals surface area contributed by atoms with Crippen LogP contribution in [0.5, 0.6) is 11.5 Å². The average molecular weight is 410 g/mol. The minimum absolute atomic E-state index is 0.215. The van der Waals surface area contributed by atoms with Crippen LogP contribution in [0.3, 0.4) is 0 Å². The predicted octanol–water partition coefficient (Wildman–Crippen LogP) is 3.79. The molecule has 2 aromatic heterocycles. The molecule has 0 unspecified atom stereocenters. The number of rotatable bonds is 5. The van der Waals surface area contributed by atoms with Crippen molar-refractivity contribution in [3.8, 4) is 17.3 Å². The highest BCUT2D eigenvalue weighted by molar-refractivity contribution is 7.13. The molecule has 0 N–H and O–H groups in total. The average Bonchev–Trinajstić information content (AvgIpc) is 3.17. The number of carbonyl (C=O) groups excluding carboxylic acids is 1. The van der Waals surface area contributed by atoms with E-state index >= 15 is 0 Å². The van der Waals surface area contributed by atoms with E-state index in [1.165, 1.54) is 36.5 Å². The number of nitrogens with zero attached hydrogens (tertiary/aromatic N) is 2. The zero-order valence-electron chi connectivity index (χ0n) is 16.1. The fourth-order valence-electron chi connectivity index (χ4n) is 3.24. The van der Waals surface area contributed by atoms with E-state index in [0.717, 1.165) is 10.1 Å². The Balaban J connectivity index is 2.09. The molecule has 0 aliphatic carbocycles. The van der Waals surface area contributed by atoms with Gasteiger partial charge in [0.1, 0.15) is 0 Å². The van der Waals surface area contributed by atoms with E-state index < -0.39 is 5.97 Å². The molecular formula is C21H18N2O5S. The van der Waals surface area contributed by atoms with Crippen molar-refractivity contribution in [3.63, 3.8) is 0 Å². The highest BCUT2D eigenvalue weighted by Crippen LogP contribution is 2.33. The largest absolute Gasteiger partial charge is 0.493 e. The summed E-state index contributed by atoms with van der Waals surface area (Å²) in [5, 5.41) is 1.57. The molecule has 0 radical (unpaired) electrons. The lowest BCUT2D eigenvalue weighted by Gasteiger charge is -2.14. The Bertz CT molecular complexity index is 1290. The molecule has 0 atom stereocenters. The standard InChI is InChI=1S/C21H18N2O5S/c1-4-28-21(25)15-11-23(19-12-7-5-6-8-18(12)29-22-19)20(24)14-10-17(27-3)16(26-2)9-13(14)15/h5-11H,4H2,1-3H3. The van der Waals surface area contributed by atoms with Crippen LogP contribution in [0.1, 0.15) is 17.3 Å². The molecule has 0 aliphatic heterocycles. The highest BCUT2D eigenvalue weighted by atomic mass is 32.1. The maximum atomic E-state index is 13.4. The van der Waals surface area contributed by atoms with Crippen molar-refractivity contribution in [3.05, 3.63) is 58.5 Å². The van der Waals surface area contributed by atoms with Crippen LogP contribution in [0.4, 0.5) is 0 Å². The first-order valence-electron chi connectivity index (χ1n) is 8.92. The molecule has 0 bridgehead atoms. The van der Waals surface area contributed by atoms with Crippen LogP contribution >= 0.6 is 11.5 Å². The van der Waals surface area contributed by atoms with Crippen molar-refractivity contribution in [2.24, 2.45) is 0 Å². The van der Waals surface area contributed by atoms with Gasteiger partial charge in [-0.25, -0.2) is 4.79 Å². The SMILES string of the molecule is CCOC(=O)c1cn(-c2nsc3ccccc23)c(=O)c2cc(OC)c(OC)cc12. The van der Waals surface area contributed by atoms with Crippen molar-refractivity contribution in [2.75, 3.05) is 20.8 Å². The Labute approximate surface area is 170 Å². The summed E-state index contributed by atoms with van der Waals surface area (Å²) in [5.41, 5.74) is -0.0652. The molecule has 0 saturated heterocycles. The number of esters is 1. The quantitative estimate of drug-likeness (QED) is 0.466. The molecule has 0 spiro atoms. The monoisotopic (exact) mass is 410 g/mol. The summed E-state index contributed by atoms with van der Waals surface area (Å²) >= 11 is 1.29. The first kappa shape index (κ1) is 18.9. The zero-order valence-corrected chi connectivity index (χ0v) is 16.9. The maximum absolute atomic E-state index is 13.4. The lowest BCUT2D eigenvalue weighted by molar-refractivity contribution is 0.0528. The van der Waals surface area contributed by atoms with Gasteiger partial charge in [0, 0.05) is 17.0 Å². The van der Waals surface area contributed by atoms with Crippen LogP contribution in [0.15, 0.2) is 47.4 Å². The van der Waals surface area contributed by atoms with Crippen molar-refractivity contribution < 1.29 is 19.0 Å². The number of benzene rings is 2. The first-order valence-corrected chi connectivity index (χ1v) is 9.69. The normalized spacial score (nSPS) is 11.0. The molecule has 0 saturated carbocycles. The summed E-state index contributed by atoms with van der Waals surface area (Å²) in [7, 11) is 2.99. The molecule has 2 heterocycles. The van der Waals surface area contributed by atoms with Gasteiger partial charge in [0.05, 0.1) is 36.5 Å².